The van der Waals surface area contributed by atoms with Crippen molar-refractivity contribution in [3.8, 4) is 11.5 Å². The van der Waals surface area contributed by atoms with Crippen LogP contribution < -0.4 is 15.2 Å². The van der Waals surface area contributed by atoms with Crippen LogP contribution in [0.1, 0.15) is 37.3 Å². The third-order valence-electron chi connectivity index (χ3n) is 4.93. The molecule has 0 spiro atoms. The van der Waals surface area contributed by atoms with Crippen LogP contribution in [0.4, 0.5) is 5.95 Å². The summed E-state index contributed by atoms with van der Waals surface area (Å²) in [5.74, 6) is 1.97. The summed E-state index contributed by atoms with van der Waals surface area (Å²) >= 11 is 0. The Kier molecular flexibility index (Phi) is 4.22. The van der Waals surface area contributed by atoms with E-state index in [-0.39, 0.29) is 0 Å². The van der Waals surface area contributed by atoms with Crippen molar-refractivity contribution in [2.75, 3.05) is 12.8 Å². The Morgan fingerprint density at radius 2 is 1.88 bits per heavy atom. The average molecular weight is 337 g/mol. The Balaban J connectivity index is 1.68. The first-order valence-corrected chi connectivity index (χ1v) is 8.78. The number of methoxy groups -OCH3 is 1. The second kappa shape index (κ2) is 6.67. The summed E-state index contributed by atoms with van der Waals surface area (Å²) in [6.45, 7) is 0.488. The molecule has 0 atom stereocenters. The van der Waals surface area contributed by atoms with Gasteiger partial charge in [0.25, 0.3) is 0 Å². The molecule has 130 valence electrons. The van der Waals surface area contributed by atoms with Crippen molar-refractivity contribution in [1.29, 1.82) is 0 Å². The van der Waals surface area contributed by atoms with Crippen molar-refractivity contribution in [2.24, 2.45) is 0 Å². The fourth-order valence-electron chi connectivity index (χ4n) is 3.68. The highest BCUT2D eigenvalue weighted by Crippen LogP contribution is 2.38. The Morgan fingerprint density at radius 1 is 1.12 bits per heavy atom. The number of aromatic nitrogens is 2. The molecule has 5 heteroatoms. The maximum absolute atomic E-state index is 6.21. The third kappa shape index (κ3) is 3.02. The minimum Gasteiger partial charge on any atom is -0.493 e. The summed E-state index contributed by atoms with van der Waals surface area (Å²) < 4.78 is 13.7. The Morgan fingerprint density at radius 3 is 2.60 bits per heavy atom. The summed E-state index contributed by atoms with van der Waals surface area (Å²) in [4.78, 5) is 4.55. The molecular weight excluding hydrogens is 314 g/mol. The van der Waals surface area contributed by atoms with Crippen LogP contribution in [0.2, 0.25) is 0 Å². The van der Waals surface area contributed by atoms with Crippen molar-refractivity contribution < 1.29 is 9.47 Å². The van der Waals surface area contributed by atoms with Crippen LogP contribution in [0.5, 0.6) is 11.5 Å². The van der Waals surface area contributed by atoms with Crippen molar-refractivity contribution in [3.63, 3.8) is 0 Å². The van der Waals surface area contributed by atoms with Gasteiger partial charge in [-0.1, -0.05) is 43.2 Å². The highest BCUT2D eigenvalue weighted by molar-refractivity contribution is 5.82. The minimum atomic E-state index is 0.436. The lowest BCUT2D eigenvalue weighted by molar-refractivity contribution is 0.285. The minimum absolute atomic E-state index is 0.436. The second-order valence-electron chi connectivity index (χ2n) is 6.54. The van der Waals surface area contributed by atoms with E-state index < -0.39 is 0 Å². The number of nitrogens with zero attached hydrogens (tertiary/aromatic N) is 2. The van der Waals surface area contributed by atoms with Gasteiger partial charge in [-0.15, -0.1) is 0 Å². The molecule has 1 heterocycles. The lowest BCUT2D eigenvalue weighted by Gasteiger charge is -2.15. The molecule has 0 saturated heterocycles. The lowest BCUT2D eigenvalue weighted by Crippen LogP contribution is -2.08. The van der Waals surface area contributed by atoms with E-state index in [1.165, 1.54) is 12.8 Å². The molecule has 1 aliphatic rings. The molecule has 25 heavy (non-hydrogen) atoms. The summed E-state index contributed by atoms with van der Waals surface area (Å²) in [7, 11) is 1.66. The van der Waals surface area contributed by atoms with E-state index in [0.29, 0.717) is 30.1 Å². The Labute approximate surface area is 147 Å². The molecule has 2 N–H and O–H groups in total. The van der Waals surface area contributed by atoms with Gasteiger partial charge in [0.2, 0.25) is 5.95 Å². The summed E-state index contributed by atoms with van der Waals surface area (Å²) in [5, 5.41) is 0. The number of rotatable bonds is 5. The van der Waals surface area contributed by atoms with Gasteiger partial charge >= 0.3 is 0 Å². The number of benzene rings is 2. The predicted molar refractivity (Wildman–Crippen MR) is 99.0 cm³/mol. The van der Waals surface area contributed by atoms with Gasteiger partial charge in [-0.3, -0.25) is 0 Å². The highest BCUT2D eigenvalue weighted by Gasteiger charge is 2.23. The number of imidazole rings is 1. The van der Waals surface area contributed by atoms with Gasteiger partial charge in [-0.25, -0.2) is 4.98 Å². The fourth-order valence-corrected chi connectivity index (χ4v) is 3.68. The standard InChI is InChI=1S/C20H23N3O2/c1-24-18-12-17-16(22-20(21)23(17)15-9-5-6-10-15)11-19(18)25-13-14-7-3-2-4-8-14/h2-4,7-8,11-12,15H,5-6,9-10,13H2,1H3,(H2,21,22). The molecule has 4 rings (SSSR count). The third-order valence-corrected chi connectivity index (χ3v) is 4.93. The van der Waals surface area contributed by atoms with Gasteiger partial charge in [0.1, 0.15) is 6.61 Å². The molecule has 2 aromatic carbocycles. The van der Waals surface area contributed by atoms with E-state index in [1.807, 2.05) is 42.5 Å². The molecule has 5 nitrogen and oxygen atoms in total. The zero-order valence-corrected chi connectivity index (χ0v) is 14.4. The number of anilines is 1. The van der Waals surface area contributed by atoms with E-state index in [9.17, 15) is 0 Å². The molecule has 3 aromatic rings. The van der Waals surface area contributed by atoms with E-state index in [4.69, 9.17) is 15.2 Å². The molecule has 1 fully saturated rings. The maximum Gasteiger partial charge on any atom is 0.201 e. The maximum atomic E-state index is 6.21. The van der Waals surface area contributed by atoms with Crippen LogP contribution in [0.25, 0.3) is 11.0 Å². The molecule has 0 radical (unpaired) electrons. The summed E-state index contributed by atoms with van der Waals surface area (Å²) in [6, 6.07) is 14.4. The van der Waals surface area contributed by atoms with Crippen LogP contribution in [-0.4, -0.2) is 16.7 Å². The summed E-state index contributed by atoms with van der Waals surface area (Å²) in [5.41, 5.74) is 9.20. The quantitative estimate of drug-likeness (QED) is 0.753. The van der Waals surface area contributed by atoms with E-state index in [2.05, 4.69) is 9.55 Å². The number of nitrogen functional groups attached to an aromatic ring is 1. The number of ether oxygens (including phenoxy) is 2. The second-order valence-corrected chi connectivity index (χ2v) is 6.54. The largest absolute Gasteiger partial charge is 0.493 e. The van der Waals surface area contributed by atoms with Crippen LogP contribution in [-0.2, 0) is 6.61 Å². The molecule has 0 bridgehead atoms. The number of nitrogens with two attached hydrogens (primary N) is 1. The Bertz CT molecular complexity index is 868. The van der Waals surface area contributed by atoms with Crippen molar-refractivity contribution in [3.05, 3.63) is 48.0 Å². The number of hydrogen-bond acceptors (Lipinski definition) is 4. The topological polar surface area (TPSA) is 62.3 Å². The fraction of sp³-hybridized carbons (Fsp3) is 0.350. The predicted octanol–water partition coefficient (Wildman–Crippen LogP) is 4.32. The first kappa shape index (κ1) is 15.8. The normalized spacial score (nSPS) is 14.9. The molecule has 0 unspecified atom stereocenters. The lowest BCUT2D eigenvalue weighted by atomic mass is 10.2. The summed E-state index contributed by atoms with van der Waals surface area (Å²) in [6.07, 6.45) is 4.81. The average Bonchev–Trinajstić information content (AvgIpc) is 3.26. The first-order valence-electron chi connectivity index (χ1n) is 8.78. The Hall–Kier alpha value is -2.69. The molecular formula is C20H23N3O2. The van der Waals surface area contributed by atoms with Gasteiger partial charge in [-0.05, 0) is 18.4 Å². The van der Waals surface area contributed by atoms with Gasteiger partial charge in [0, 0.05) is 18.2 Å². The van der Waals surface area contributed by atoms with Gasteiger partial charge < -0.3 is 19.8 Å². The van der Waals surface area contributed by atoms with Crippen LogP contribution in [0.3, 0.4) is 0 Å². The molecule has 1 aliphatic carbocycles. The smallest absolute Gasteiger partial charge is 0.201 e. The monoisotopic (exact) mass is 337 g/mol. The highest BCUT2D eigenvalue weighted by atomic mass is 16.5. The van der Waals surface area contributed by atoms with Crippen LogP contribution >= 0.6 is 0 Å². The van der Waals surface area contributed by atoms with E-state index in [0.717, 1.165) is 29.4 Å². The van der Waals surface area contributed by atoms with Crippen molar-refractivity contribution in [1.82, 2.24) is 9.55 Å². The molecule has 0 aliphatic heterocycles. The van der Waals surface area contributed by atoms with Crippen molar-refractivity contribution >= 4 is 17.0 Å². The van der Waals surface area contributed by atoms with Crippen LogP contribution in [0.15, 0.2) is 42.5 Å². The zero-order chi connectivity index (χ0) is 17.2. The first-order chi connectivity index (χ1) is 12.3. The number of fused-ring (bicyclic) bond motifs is 1. The number of hydrogen-bond donors (Lipinski definition) is 1. The van der Waals surface area contributed by atoms with Gasteiger partial charge in [0.05, 0.1) is 18.1 Å². The van der Waals surface area contributed by atoms with E-state index >= 15 is 0 Å². The zero-order valence-electron chi connectivity index (χ0n) is 14.4. The molecule has 1 saturated carbocycles. The van der Waals surface area contributed by atoms with Gasteiger partial charge in [-0.2, -0.15) is 0 Å². The van der Waals surface area contributed by atoms with Gasteiger partial charge in [0.15, 0.2) is 11.5 Å². The molecule has 0 amide bonds. The SMILES string of the molecule is COc1cc2c(cc1OCc1ccccc1)nc(N)n2C1CCCC1. The molecule has 1 aromatic heterocycles. The van der Waals surface area contributed by atoms with Crippen LogP contribution in [0, 0.1) is 0 Å². The van der Waals surface area contributed by atoms with E-state index in [1.54, 1.807) is 7.11 Å². The van der Waals surface area contributed by atoms with Crippen molar-refractivity contribution in [2.45, 2.75) is 38.3 Å².